The third kappa shape index (κ3) is 4.50. The molecule has 0 spiro atoms. The van der Waals surface area contributed by atoms with Gasteiger partial charge in [-0.25, -0.2) is 8.42 Å². The maximum Gasteiger partial charge on any atom is 0.461 e. The first-order chi connectivity index (χ1) is 16.0. The number of likely N-dealkylation sites (tertiary alicyclic amines) is 1. The largest absolute Gasteiger partial charge is 0.480 e. The van der Waals surface area contributed by atoms with Crippen LogP contribution in [0.1, 0.15) is 25.7 Å². The van der Waals surface area contributed by atoms with Crippen molar-refractivity contribution in [3.05, 3.63) is 48.5 Å². The van der Waals surface area contributed by atoms with Crippen LogP contribution in [0.15, 0.2) is 53.4 Å². The maximum absolute atomic E-state index is 13.4. The molecule has 1 saturated heterocycles. The second-order valence-corrected chi connectivity index (χ2v) is 10.8. The second-order valence-electron chi connectivity index (χ2n) is 8.58. The zero-order chi connectivity index (χ0) is 24.7. The Bertz CT molecular complexity index is 1140. The highest BCUT2D eigenvalue weighted by atomic mass is 32.2. The summed E-state index contributed by atoms with van der Waals surface area (Å²) in [5.74, 6) is -1.81. The molecule has 2 fully saturated rings. The Labute approximate surface area is 194 Å². The highest BCUT2D eigenvalue weighted by molar-refractivity contribution is 7.93. The number of hydrogen-bond acceptors (Lipinski definition) is 5. The van der Waals surface area contributed by atoms with Crippen LogP contribution in [0, 0.1) is 0 Å². The molecule has 0 bridgehead atoms. The molecule has 1 aliphatic carbocycles. The van der Waals surface area contributed by atoms with E-state index in [0.717, 1.165) is 25.0 Å². The van der Waals surface area contributed by atoms with Crippen molar-refractivity contribution in [2.45, 2.75) is 53.9 Å². The molecule has 1 saturated carbocycles. The first-order valence-electron chi connectivity index (χ1n) is 10.7. The molecule has 11 heteroatoms. The number of hydrogen-bond donors (Lipinski definition) is 1. The molecule has 0 radical (unpaired) electrons. The number of nitrogens with zero attached hydrogens (tertiary/aromatic N) is 1. The molecule has 6 nitrogen and oxygen atoms in total. The normalized spacial score (nSPS) is 19.2. The zero-order valence-corrected chi connectivity index (χ0v) is 18.8. The van der Waals surface area contributed by atoms with Crippen molar-refractivity contribution in [1.29, 1.82) is 0 Å². The van der Waals surface area contributed by atoms with Crippen molar-refractivity contribution in [3.8, 4) is 16.9 Å². The lowest BCUT2D eigenvalue weighted by Crippen LogP contribution is -2.54. The van der Waals surface area contributed by atoms with Gasteiger partial charge in [-0.15, -0.1) is 0 Å². The van der Waals surface area contributed by atoms with Crippen LogP contribution in [0.3, 0.4) is 0 Å². The van der Waals surface area contributed by atoms with Gasteiger partial charge in [0.1, 0.15) is 5.75 Å². The molecule has 1 N–H and O–H groups in total. The van der Waals surface area contributed by atoms with E-state index in [9.17, 15) is 35.9 Å². The fourth-order valence-electron chi connectivity index (χ4n) is 4.26. The zero-order valence-electron chi connectivity index (χ0n) is 18.0. The quantitative estimate of drug-likeness (QED) is 0.539. The third-order valence-corrected chi connectivity index (χ3v) is 8.94. The Hall–Kier alpha value is -2.66. The van der Waals surface area contributed by atoms with Crippen LogP contribution in [-0.4, -0.2) is 60.8 Å². The van der Waals surface area contributed by atoms with Gasteiger partial charge in [-0.3, -0.25) is 4.79 Å². The number of alkyl halides is 4. The van der Waals surface area contributed by atoms with Crippen LogP contribution in [0.4, 0.5) is 17.6 Å². The smallest absolute Gasteiger partial charge is 0.461 e. The van der Waals surface area contributed by atoms with Gasteiger partial charge in [0.15, 0.2) is 14.6 Å². The average molecular weight is 501 g/mol. The van der Waals surface area contributed by atoms with Crippen molar-refractivity contribution in [2.75, 3.05) is 13.1 Å². The summed E-state index contributed by atoms with van der Waals surface area (Å²) in [6.07, 6.45) is -6.48. The summed E-state index contributed by atoms with van der Waals surface area (Å²) in [6, 6.07) is 10.9. The van der Waals surface area contributed by atoms with Gasteiger partial charge in [-0.05, 0) is 61.1 Å². The summed E-state index contributed by atoms with van der Waals surface area (Å²) < 4.78 is 79.5. The minimum Gasteiger partial charge on any atom is -0.480 e. The van der Waals surface area contributed by atoms with Crippen molar-refractivity contribution >= 4 is 15.8 Å². The second kappa shape index (κ2) is 8.84. The van der Waals surface area contributed by atoms with Gasteiger partial charge in [-0.2, -0.15) is 17.6 Å². The van der Waals surface area contributed by atoms with Crippen LogP contribution in [0.2, 0.25) is 0 Å². The SMILES string of the molecule is O=C(O)C1(S(=O)(=O)c2ccc(-c3ccc(OC(F)(F)C(F)F)cc3)cc2)CCN(C2CC2)CC1. The number of rotatable bonds is 8. The van der Waals surface area contributed by atoms with E-state index in [1.165, 1.54) is 36.4 Å². The summed E-state index contributed by atoms with van der Waals surface area (Å²) in [5, 5.41) is 9.89. The topological polar surface area (TPSA) is 83.9 Å². The van der Waals surface area contributed by atoms with Crippen molar-refractivity contribution in [2.24, 2.45) is 0 Å². The van der Waals surface area contributed by atoms with Gasteiger partial charge in [-0.1, -0.05) is 24.3 Å². The molecule has 1 aliphatic heterocycles. The summed E-state index contributed by atoms with van der Waals surface area (Å²) in [4.78, 5) is 14.2. The van der Waals surface area contributed by atoms with Crippen LogP contribution >= 0.6 is 0 Å². The summed E-state index contributed by atoms with van der Waals surface area (Å²) in [5.41, 5.74) is 1.03. The Kier molecular flexibility index (Phi) is 6.36. The lowest BCUT2D eigenvalue weighted by Gasteiger charge is -2.38. The first-order valence-corrected chi connectivity index (χ1v) is 12.2. The molecule has 4 rings (SSSR count). The number of benzene rings is 2. The van der Waals surface area contributed by atoms with E-state index in [-0.39, 0.29) is 17.7 Å². The lowest BCUT2D eigenvalue weighted by molar-refractivity contribution is -0.253. The number of ether oxygens (including phenoxy) is 1. The fraction of sp³-hybridized carbons (Fsp3) is 0.435. The van der Waals surface area contributed by atoms with Crippen molar-refractivity contribution in [1.82, 2.24) is 4.90 Å². The van der Waals surface area contributed by atoms with Gasteiger partial charge in [0.25, 0.3) is 0 Å². The summed E-state index contributed by atoms with van der Waals surface area (Å²) >= 11 is 0. The molecular weight excluding hydrogens is 478 g/mol. The Balaban J connectivity index is 1.52. The van der Waals surface area contributed by atoms with Crippen LogP contribution in [0.25, 0.3) is 11.1 Å². The molecule has 184 valence electrons. The number of sulfone groups is 1. The monoisotopic (exact) mass is 501 g/mol. The molecule has 0 amide bonds. The van der Waals surface area contributed by atoms with Gasteiger partial charge < -0.3 is 14.7 Å². The molecule has 0 aromatic heterocycles. The number of carboxylic acids is 1. The van der Waals surface area contributed by atoms with Gasteiger partial charge in [0.2, 0.25) is 0 Å². The first kappa shape index (κ1) is 24.5. The van der Waals surface area contributed by atoms with E-state index < -0.39 is 38.8 Å². The fourth-order valence-corrected chi connectivity index (χ4v) is 6.15. The lowest BCUT2D eigenvalue weighted by atomic mass is 9.95. The maximum atomic E-state index is 13.4. The molecule has 0 unspecified atom stereocenters. The van der Waals surface area contributed by atoms with Crippen molar-refractivity contribution < 1.29 is 40.6 Å². The molecule has 34 heavy (non-hydrogen) atoms. The van der Waals surface area contributed by atoms with Crippen LogP contribution in [-0.2, 0) is 14.6 Å². The van der Waals surface area contributed by atoms with Gasteiger partial charge in [0.05, 0.1) is 4.90 Å². The van der Waals surface area contributed by atoms with Crippen molar-refractivity contribution in [3.63, 3.8) is 0 Å². The van der Waals surface area contributed by atoms with E-state index >= 15 is 0 Å². The summed E-state index contributed by atoms with van der Waals surface area (Å²) in [6.45, 7) is 0.820. The average Bonchev–Trinajstić information content (AvgIpc) is 3.65. The minimum atomic E-state index is -4.62. The summed E-state index contributed by atoms with van der Waals surface area (Å²) in [7, 11) is -4.19. The molecule has 2 aromatic carbocycles. The standard InChI is InChI=1S/C23H23F4NO5S/c24-20(25)23(26,27)33-18-7-1-15(2-8-18)16-3-9-19(10-4-16)34(31,32)22(21(29)30)11-13-28(14-12-22)17-5-6-17/h1-4,7-10,17,20H,5-6,11-14H2,(H,29,30). The minimum absolute atomic E-state index is 0.00757. The van der Waals surface area contributed by atoms with E-state index in [2.05, 4.69) is 9.64 Å². The number of carboxylic acid groups (broad SMARTS) is 1. The van der Waals surface area contributed by atoms with E-state index in [4.69, 9.17) is 0 Å². The van der Waals surface area contributed by atoms with Gasteiger partial charge in [0, 0.05) is 19.1 Å². The molecule has 2 aromatic rings. The predicted molar refractivity (Wildman–Crippen MR) is 115 cm³/mol. The molecular formula is C23H23F4NO5S. The Morgan fingerprint density at radius 1 is 1.00 bits per heavy atom. The highest BCUT2D eigenvalue weighted by Gasteiger charge is 2.54. The molecule has 0 atom stereocenters. The number of piperidine rings is 1. The number of halogens is 4. The van der Waals surface area contributed by atoms with Gasteiger partial charge >= 0.3 is 18.5 Å². The predicted octanol–water partition coefficient (Wildman–Crippen LogP) is 4.45. The van der Waals surface area contributed by atoms with Crippen LogP contribution in [0.5, 0.6) is 5.75 Å². The Morgan fingerprint density at radius 2 is 1.50 bits per heavy atom. The Morgan fingerprint density at radius 3 is 1.94 bits per heavy atom. The highest BCUT2D eigenvalue weighted by Crippen LogP contribution is 2.39. The third-order valence-electron chi connectivity index (χ3n) is 6.43. The van der Waals surface area contributed by atoms with E-state index in [1.54, 1.807) is 0 Å². The number of aliphatic carboxylic acids is 1. The van der Waals surface area contributed by atoms with E-state index in [0.29, 0.717) is 30.3 Å². The molecule has 2 aliphatic rings. The number of carbonyl (C=O) groups is 1. The molecule has 1 heterocycles. The van der Waals surface area contributed by atoms with Crippen LogP contribution < -0.4 is 4.74 Å². The van der Waals surface area contributed by atoms with E-state index in [1.807, 2.05) is 0 Å².